The fourth-order valence-corrected chi connectivity index (χ4v) is 4.89. The summed E-state index contributed by atoms with van der Waals surface area (Å²) in [5, 5.41) is 20.9. The lowest BCUT2D eigenvalue weighted by Gasteiger charge is -2.43. The summed E-state index contributed by atoms with van der Waals surface area (Å²) < 4.78 is 5.97. The van der Waals surface area contributed by atoms with E-state index in [0.717, 1.165) is 19.3 Å². The van der Waals surface area contributed by atoms with Crippen molar-refractivity contribution in [1.29, 1.82) is 0 Å². The van der Waals surface area contributed by atoms with E-state index in [9.17, 15) is 15.0 Å². The molecule has 1 aromatic carbocycles. The first-order valence-electron chi connectivity index (χ1n) is 9.54. The molecule has 0 bridgehead atoms. The molecule has 2 N–H and O–H groups in total. The Morgan fingerprint density at radius 2 is 1.88 bits per heavy atom. The summed E-state index contributed by atoms with van der Waals surface area (Å²) in [6, 6.07) is 6.11. The number of hydrogen-bond acceptors (Lipinski definition) is 4. The van der Waals surface area contributed by atoms with Crippen LogP contribution in [0.5, 0.6) is 5.75 Å². The van der Waals surface area contributed by atoms with E-state index in [1.54, 1.807) is 12.1 Å². The third kappa shape index (κ3) is 3.27. The molecule has 2 aliphatic rings. The third-order valence-electron chi connectivity index (χ3n) is 6.56. The number of carbonyl (C=O) groups excluding carboxylic acids is 1. The summed E-state index contributed by atoms with van der Waals surface area (Å²) in [7, 11) is 0. The number of carbonyl (C=O) groups is 1. The van der Waals surface area contributed by atoms with Gasteiger partial charge in [0.1, 0.15) is 11.9 Å². The largest absolute Gasteiger partial charge is 0.508 e. The number of fused-ring (bicyclic) bond motifs is 1. The van der Waals surface area contributed by atoms with Crippen molar-refractivity contribution in [2.45, 2.75) is 65.1 Å². The molecule has 142 valence electrons. The predicted octanol–water partition coefficient (Wildman–Crippen LogP) is 4.46. The first-order valence-corrected chi connectivity index (χ1v) is 9.54. The van der Waals surface area contributed by atoms with Crippen molar-refractivity contribution >= 4 is 5.97 Å². The van der Waals surface area contributed by atoms with Gasteiger partial charge in [0.2, 0.25) is 0 Å². The second kappa shape index (κ2) is 6.73. The second-order valence-electron chi connectivity index (χ2n) is 8.73. The molecule has 2 aliphatic carbocycles. The molecule has 1 saturated carbocycles. The van der Waals surface area contributed by atoms with E-state index < -0.39 is 11.6 Å². The third-order valence-corrected chi connectivity index (χ3v) is 6.56. The summed E-state index contributed by atoms with van der Waals surface area (Å²) in [6.45, 7) is 8.39. The van der Waals surface area contributed by atoms with Gasteiger partial charge in [-0.2, -0.15) is 0 Å². The van der Waals surface area contributed by atoms with E-state index in [-0.39, 0.29) is 29.1 Å². The molecule has 3 rings (SSSR count). The number of allylic oxidation sites excluding steroid dienone is 1. The number of phenolic OH excluding ortho intramolecular Hbond substituents is 1. The van der Waals surface area contributed by atoms with Crippen LogP contribution in [-0.4, -0.2) is 27.9 Å². The van der Waals surface area contributed by atoms with Crippen molar-refractivity contribution in [3.05, 3.63) is 41.5 Å². The Bertz CT molecular complexity index is 705. The van der Waals surface area contributed by atoms with Crippen LogP contribution in [0, 0.1) is 17.3 Å². The van der Waals surface area contributed by atoms with Crippen LogP contribution in [0.2, 0.25) is 0 Å². The van der Waals surface area contributed by atoms with E-state index >= 15 is 0 Å². The van der Waals surface area contributed by atoms with Crippen LogP contribution in [0.25, 0.3) is 0 Å². The highest BCUT2D eigenvalue weighted by Gasteiger charge is 2.59. The van der Waals surface area contributed by atoms with Gasteiger partial charge in [-0.15, -0.1) is 0 Å². The van der Waals surface area contributed by atoms with Crippen molar-refractivity contribution in [2.75, 3.05) is 0 Å². The Balaban J connectivity index is 1.92. The van der Waals surface area contributed by atoms with E-state index in [4.69, 9.17) is 4.74 Å². The average molecular weight is 358 g/mol. The standard InChI is InChI=1S/C22H30O4/c1-14(2)22(25)12-11-21(4)10-9-15(3)13-18(19(21)22)26-20(24)16-5-7-17(23)8-6-16/h5-9,14,18-19,23,25H,10-13H2,1-4H3/t18-,19-,21+,22+/m1/s1. The van der Waals surface area contributed by atoms with E-state index in [1.165, 1.54) is 17.7 Å². The molecule has 0 aromatic heterocycles. The quantitative estimate of drug-likeness (QED) is 0.618. The van der Waals surface area contributed by atoms with Crippen LogP contribution in [0.1, 0.15) is 63.7 Å². The topological polar surface area (TPSA) is 66.8 Å². The van der Waals surface area contributed by atoms with Crippen LogP contribution in [0.4, 0.5) is 0 Å². The first-order chi connectivity index (χ1) is 12.2. The van der Waals surface area contributed by atoms with Gasteiger partial charge in [0, 0.05) is 12.3 Å². The number of ether oxygens (including phenoxy) is 1. The minimum Gasteiger partial charge on any atom is -0.508 e. The molecule has 4 atom stereocenters. The zero-order valence-corrected chi connectivity index (χ0v) is 16.2. The van der Waals surface area contributed by atoms with Crippen molar-refractivity contribution in [2.24, 2.45) is 17.3 Å². The Hall–Kier alpha value is -1.81. The van der Waals surface area contributed by atoms with Gasteiger partial charge >= 0.3 is 5.97 Å². The average Bonchev–Trinajstić information content (AvgIpc) is 2.78. The first kappa shape index (κ1) is 19.0. The summed E-state index contributed by atoms with van der Waals surface area (Å²) >= 11 is 0. The molecule has 0 heterocycles. The van der Waals surface area contributed by atoms with Gasteiger partial charge in [-0.1, -0.05) is 32.4 Å². The maximum Gasteiger partial charge on any atom is 0.338 e. The van der Waals surface area contributed by atoms with Crippen molar-refractivity contribution < 1.29 is 19.7 Å². The maximum atomic E-state index is 12.7. The van der Waals surface area contributed by atoms with Crippen molar-refractivity contribution in [3.8, 4) is 5.75 Å². The SMILES string of the molecule is CC1=CC[C@@]2(C)CC[C@](O)(C(C)C)[C@@H]2[C@H](OC(=O)c2ccc(O)cc2)C1. The van der Waals surface area contributed by atoms with Gasteiger partial charge in [0.05, 0.1) is 11.2 Å². The zero-order valence-electron chi connectivity index (χ0n) is 16.2. The summed E-state index contributed by atoms with van der Waals surface area (Å²) in [6.07, 6.45) is 5.13. The van der Waals surface area contributed by atoms with Gasteiger partial charge in [-0.3, -0.25) is 0 Å². The number of aliphatic hydroxyl groups is 1. The Labute approximate surface area is 155 Å². The van der Waals surface area contributed by atoms with Gasteiger partial charge in [0.15, 0.2) is 0 Å². The molecule has 0 saturated heterocycles. The van der Waals surface area contributed by atoms with Crippen LogP contribution < -0.4 is 0 Å². The summed E-state index contributed by atoms with van der Waals surface area (Å²) in [5.41, 5.74) is 0.723. The van der Waals surface area contributed by atoms with Crippen molar-refractivity contribution in [1.82, 2.24) is 0 Å². The lowest BCUT2D eigenvalue weighted by Crippen LogP contribution is -2.50. The predicted molar refractivity (Wildman–Crippen MR) is 101 cm³/mol. The minimum atomic E-state index is -0.826. The van der Waals surface area contributed by atoms with Crippen LogP contribution in [0.15, 0.2) is 35.9 Å². The lowest BCUT2D eigenvalue weighted by atomic mass is 9.67. The number of aromatic hydroxyl groups is 1. The minimum absolute atomic E-state index is 0.0727. The summed E-state index contributed by atoms with van der Waals surface area (Å²) in [5.74, 6) is -0.273. The van der Waals surface area contributed by atoms with Crippen LogP contribution in [-0.2, 0) is 4.74 Å². The lowest BCUT2D eigenvalue weighted by molar-refractivity contribution is -0.112. The Kier molecular flexibility index (Phi) is 4.91. The normalized spacial score (nSPS) is 34.2. The molecule has 0 radical (unpaired) electrons. The number of rotatable bonds is 3. The highest BCUT2D eigenvalue weighted by atomic mass is 16.5. The maximum absolute atomic E-state index is 12.7. The Morgan fingerprint density at radius 1 is 1.23 bits per heavy atom. The molecule has 1 fully saturated rings. The van der Waals surface area contributed by atoms with Crippen molar-refractivity contribution in [3.63, 3.8) is 0 Å². The molecule has 26 heavy (non-hydrogen) atoms. The Morgan fingerprint density at radius 3 is 2.50 bits per heavy atom. The van der Waals surface area contributed by atoms with E-state index in [1.807, 2.05) is 0 Å². The molecule has 0 unspecified atom stereocenters. The van der Waals surface area contributed by atoms with Gasteiger partial charge in [0.25, 0.3) is 0 Å². The molecular formula is C22H30O4. The zero-order chi connectivity index (χ0) is 19.1. The monoisotopic (exact) mass is 358 g/mol. The molecule has 0 aliphatic heterocycles. The molecule has 4 heteroatoms. The molecule has 0 spiro atoms. The molecule has 1 aromatic rings. The van der Waals surface area contributed by atoms with Crippen LogP contribution >= 0.6 is 0 Å². The molecule has 4 nitrogen and oxygen atoms in total. The van der Waals surface area contributed by atoms with Gasteiger partial charge in [-0.05, 0) is 61.8 Å². The highest BCUT2D eigenvalue weighted by Crippen LogP contribution is 2.58. The molecule has 0 amide bonds. The highest BCUT2D eigenvalue weighted by molar-refractivity contribution is 5.89. The number of benzene rings is 1. The number of esters is 1. The van der Waals surface area contributed by atoms with Gasteiger partial charge in [-0.25, -0.2) is 4.79 Å². The fourth-order valence-electron chi connectivity index (χ4n) is 4.89. The smallest absolute Gasteiger partial charge is 0.338 e. The summed E-state index contributed by atoms with van der Waals surface area (Å²) in [4.78, 5) is 12.7. The molecular weight excluding hydrogens is 328 g/mol. The number of hydrogen-bond donors (Lipinski definition) is 2. The van der Waals surface area contributed by atoms with E-state index in [0.29, 0.717) is 12.0 Å². The second-order valence-corrected chi connectivity index (χ2v) is 8.73. The van der Waals surface area contributed by atoms with Gasteiger partial charge < -0.3 is 14.9 Å². The van der Waals surface area contributed by atoms with E-state index in [2.05, 4.69) is 33.8 Å². The fraction of sp³-hybridized carbons (Fsp3) is 0.591. The van der Waals surface area contributed by atoms with Crippen LogP contribution in [0.3, 0.4) is 0 Å². The number of phenols is 1.